The maximum Gasteiger partial charge on any atom is 0.407 e. The Hall–Kier alpha value is -2.15. The van der Waals surface area contributed by atoms with Gasteiger partial charge in [0.1, 0.15) is 5.60 Å². The quantitative estimate of drug-likeness (QED) is 0.663. The number of hydrogen-bond acceptors (Lipinski definition) is 5. The molecule has 1 rings (SSSR count). The molecule has 7 nitrogen and oxygen atoms in total. The molecule has 24 heavy (non-hydrogen) atoms. The monoisotopic (exact) mass is 337 g/mol. The smallest absolute Gasteiger partial charge is 0.407 e. The molecule has 1 atom stereocenters. The van der Waals surface area contributed by atoms with E-state index in [1.807, 2.05) is 12.1 Å². The number of carbonyl (C=O) groups excluding carboxylic acids is 2. The zero-order valence-corrected chi connectivity index (χ0v) is 14.5. The summed E-state index contributed by atoms with van der Waals surface area (Å²) in [4.78, 5) is 27.2. The van der Waals surface area contributed by atoms with Gasteiger partial charge in [-0.05, 0) is 44.9 Å². The largest absolute Gasteiger partial charge is 0.444 e. The lowest BCUT2D eigenvalue weighted by atomic mass is 10.0. The average Bonchev–Trinajstić information content (AvgIpc) is 2.50. The number of amides is 2. The van der Waals surface area contributed by atoms with Crippen LogP contribution in [0.1, 0.15) is 32.8 Å². The van der Waals surface area contributed by atoms with E-state index < -0.39 is 11.7 Å². The van der Waals surface area contributed by atoms with Gasteiger partial charge in [-0.2, -0.15) is 0 Å². The summed E-state index contributed by atoms with van der Waals surface area (Å²) < 4.78 is 5.08. The molecular weight excluding hydrogens is 310 g/mol. The maximum atomic E-state index is 11.8. The van der Waals surface area contributed by atoms with Crippen LogP contribution in [-0.2, 0) is 16.0 Å². The van der Waals surface area contributed by atoms with Crippen molar-refractivity contribution in [1.82, 2.24) is 15.6 Å². The van der Waals surface area contributed by atoms with Crippen LogP contribution in [0.4, 0.5) is 4.79 Å². The molecule has 1 aromatic heterocycles. The average molecular weight is 337 g/mol. The Labute approximate surface area is 142 Å². The number of rotatable bonds is 8. The molecule has 1 heterocycles. The molecule has 0 radical (unpaired) electrons. The first-order chi connectivity index (χ1) is 11.3. The Balaban J connectivity index is 2.23. The first-order valence-corrected chi connectivity index (χ1v) is 8.03. The maximum absolute atomic E-state index is 11.8. The summed E-state index contributed by atoms with van der Waals surface area (Å²) in [6.45, 7) is 5.89. The summed E-state index contributed by atoms with van der Waals surface area (Å²) in [5, 5.41) is 14.7. The molecule has 0 aliphatic rings. The van der Waals surface area contributed by atoms with Crippen molar-refractivity contribution >= 4 is 12.0 Å². The van der Waals surface area contributed by atoms with Gasteiger partial charge in [0.25, 0.3) is 0 Å². The minimum absolute atomic E-state index is 0.0151. The molecule has 0 aromatic carbocycles. The Morgan fingerprint density at radius 2 is 1.92 bits per heavy atom. The summed E-state index contributed by atoms with van der Waals surface area (Å²) in [6, 6.07) is 3.77. The first-order valence-electron chi connectivity index (χ1n) is 8.03. The highest BCUT2D eigenvalue weighted by molar-refractivity contribution is 5.77. The second-order valence-corrected chi connectivity index (χ2v) is 6.59. The predicted octanol–water partition coefficient (Wildman–Crippen LogP) is 1.26. The second-order valence-electron chi connectivity index (χ2n) is 6.59. The number of aliphatic hydroxyl groups excluding tert-OH is 1. The second kappa shape index (κ2) is 9.87. The minimum atomic E-state index is -0.562. The van der Waals surface area contributed by atoms with Crippen LogP contribution >= 0.6 is 0 Å². The van der Waals surface area contributed by atoms with Gasteiger partial charge in [-0.15, -0.1) is 0 Å². The van der Waals surface area contributed by atoms with Gasteiger partial charge in [0.2, 0.25) is 5.91 Å². The number of carbonyl (C=O) groups is 2. The fourth-order valence-electron chi connectivity index (χ4n) is 1.99. The number of aromatic nitrogens is 1. The van der Waals surface area contributed by atoms with Crippen LogP contribution in [0.25, 0.3) is 0 Å². The standard InChI is InChI=1S/C17H27N3O4/c1-17(2,3)24-16(23)19-9-6-15(22)20-11-14(12-21)10-13-4-7-18-8-5-13/h4-5,7-8,14,21H,6,9-12H2,1-3H3,(H,19,23)(H,20,22). The Morgan fingerprint density at radius 1 is 1.25 bits per heavy atom. The fraction of sp³-hybridized carbons (Fsp3) is 0.588. The number of nitrogens with zero attached hydrogens (tertiary/aromatic N) is 1. The van der Waals surface area contributed by atoms with Crippen molar-refractivity contribution in [1.29, 1.82) is 0 Å². The highest BCUT2D eigenvalue weighted by Crippen LogP contribution is 2.07. The molecule has 0 aliphatic heterocycles. The lowest BCUT2D eigenvalue weighted by molar-refractivity contribution is -0.121. The number of aliphatic hydroxyl groups is 1. The van der Waals surface area contributed by atoms with Gasteiger partial charge in [-0.3, -0.25) is 9.78 Å². The van der Waals surface area contributed by atoms with Crippen LogP contribution in [0.3, 0.4) is 0 Å². The molecule has 1 aromatic rings. The highest BCUT2D eigenvalue weighted by atomic mass is 16.6. The van der Waals surface area contributed by atoms with Crippen molar-refractivity contribution in [3.63, 3.8) is 0 Å². The van der Waals surface area contributed by atoms with Crippen molar-refractivity contribution in [2.24, 2.45) is 5.92 Å². The van der Waals surface area contributed by atoms with Gasteiger partial charge >= 0.3 is 6.09 Å². The van der Waals surface area contributed by atoms with E-state index >= 15 is 0 Å². The minimum Gasteiger partial charge on any atom is -0.444 e. The molecule has 0 saturated heterocycles. The van der Waals surface area contributed by atoms with Crippen LogP contribution in [0.2, 0.25) is 0 Å². The summed E-state index contributed by atoms with van der Waals surface area (Å²) in [7, 11) is 0. The fourth-order valence-corrected chi connectivity index (χ4v) is 1.99. The zero-order valence-electron chi connectivity index (χ0n) is 14.5. The SMILES string of the molecule is CC(C)(C)OC(=O)NCCC(=O)NCC(CO)Cc1ccncc1. The predicted molar refractivity (Wildman–Crippen MR) is 90.4 cm³/mol. The topological polar surface area (TPSA) is 101 Å². The third-order valence-corrected chi connectivity index (χ3v) is 3.14. The molecule has 134 valence electrons. The molecule has 0 spiro atoms. The van der Waals surface area contributed by atoms with E-state index in [-0.39, 0.29) is 31.4 Å². The summed E-state index contributed by atoms with van der Waals surface area (Å²) in [5.74, 6) is -0.241. The molecule has 0 aliphatic carbocycles. The third-order valence-electron chi connectivity index (χ3n) is 3.14. The van der Waals surface area contributed by atoms with Crippen LogP contribution in [0, 0.1) is 5.92 Å². The summed E-state index contributed by atoms with van der Waals surface area (Å²) in [5.41, 5.74) is 0.498. The molecule has 3 N–H and O–H groups in total. The van der Waals surface area contributed by atoms with Crippen molar-refractivity contribution in [3.05, 3.63) is 30.1 Å². The van der Waals surface area contributed by atoms with Crippen molar-refractivity contribution in [2.45, 2.75) is 39.2 Å². The molecule has 7 heteroatoms. The van der Waals surface area contributed by atoms with E-state index in [2.05, 4.69) is 15.6 Å². The number of ether oxygens (including phenoxy) is 1. The summed E-state index contributed by atoms with van der Waals surface area (Å²) in [6.07, 6.45) is 3.68. The third kappa shape index (κ3) is 9.09. The highest BCUT2D eigenvalue weighted by Gasteiger charge is 2.16. The van der Waals surface area contributed by atoms with Crippen LogP contribution in [-0.4, -0.2) is 47.4 Å². The van der Waals surface area contributed by atoms with E-state index in [1.165, 1.54) is 0 Å². The van der Waals surface area contributed by atoms with Gasteiger partial charge in [0.05, 0.1) is 0 Å². The Morgan fingerprint density at radius 3 is 2.50 bits per heavy atom. The number of nitrogens with one attached hydrogen (secondary N) is 2. The zero-order chi connectivity index (χ0) is 18.0. The molecule has 2 amide bonds. The van der Waals surface area contributed by atoms with Crippen molar-refractivity contribution in [2.75, 3.05) is 19.7 Å². The van der Waals surface area contributed by atoms with Crippen LogP contribution < -0.4 is 10.6 Å². The lowest BCUT2D eigenvalue weighted by Gasteiger charge is -2.19. The van der Waals surface area contributed by atoms with E-state index in [0.717, 1.165) is 5.56 Å². The number of alkyl carbamates (subject to hydrolysis) is 1. The van der Waals surface area contributed by atoms with Gasteiger partial charge in [0, 0.05) is 44.4 Å². The van der Waals surface area contributed by atoms with Crippen LogP contribution in [0.15, 0.2) is 24.5 Å². The van der Waals surface area contributed by atoms with Crippen LogP contribution in [0.5, 0.6) is 0 Å². The van der Waals surface area contributed by atoms with Crippen molar-refractivity contribution < 1.29 is 19.4 Å². The molecule has 0 saturated carbocycles. The first kappa shape index (κ1) is 19.9. The lowest BCUT2D eigenvalue weighted by Crippen LogP contribution is -2.36. The van der Waals surface area contributed by atoms with E-state index in [4.69, 9.17) is 4.74 Å². The molecular formula is C17H27N3O4. The van der Waals surface area contributed by atoms with Gasteiger partial charge < -0.3 is 20.5 Å². The normalized spacial score (nSPS) is 12.3. The Bertz CT molecular complexity index is 514. The molecule has 1 unspecified atom stereocenters. The van der Waals surface area contributed by atoms with Gasteiger partial charge in [-0.25, -0.2) is 4.79 Å². The number of hydrogen-bond donors (Lipinski definition) is 3. The Kier molecular flexibility index (Phi) is 8.18. The molecule has 0 bridgehead atoms. The van der Waals surface area contributed by atoms with E-state index in [0.29, 0.717) is 13.0 Å². The number of pyridine rings is 1. The van der Waals surface area contributed by atoms with Crippen molar-refractivity contribution in [3.8, 4) is 0 Å². The molecule has 0 fully saturated rings. The van der Waals surface area contributed by atoms with Gasteiger partial charge in [0.15, 0.2) is 0 Å². The van der Waals surface area contributed by atoms with E-state index in [1.54, 1.807) is 33.2 Å². The van der Waals surface area contributed by atoms with Gasteiger partial charge in [-0.1, -0.05) is 0 Å². The summed E-state index contributed by atoms with van der Waals surface area (Å²) >= 11 is 0. The van der Waals surface area contributed by atoms with E-state index in [9.17, 15) is 14.7 Å².